The van der Waals surface area contributed by atoms with Crippen LogP contribution in [0.1, 0.15) is 27.8 Å². The molecule has 0 bridgehead atoms. The quantitative estimate of drug-likeness (QED) is 0.172. The van der Waals surface area contributed by atoms with E-state index in [0.29, 0.717) is 28.1 Å². The molecule has 0 aliphatic rings. The number of nitriles is 1. The molecule has 2 heterocycles. The van der Waals surface area contributed by atoms with Crippen LogP contribution in [0.4, 0.5) is 13.2 Å². The maximum absolute atomic E-state index is 15.0. The average Bonchev–Trinajstić information content (AvgIpc) is 3.75. The first-order valence-electron chi connectivity index (χ1n) is 19.6. The topological polar surface area (TPSA) is 33.6 Å². The minimum atomic E-state index is -4.62. The molecule has 0 saturated heterocycles. The molecule has 6 heteroatoms. The molecule has 0 spiro atoms. The highest BCUT2D eigenvalue weighted by molar-refractivity contribution is 6.12. The zero-order valence-electron chi connectivity index (χ0n) is 32.6. The Balaban J connectivity index is 1.32. The van der Waals surface area contributed by atoms with Crippen LogP contribution in [0, 0.1) is 32.1 Å². The van der Waals surface area contributed by atoms with Gasteiger partial charge in [-0.25, -0.2) is 0 Å². The summed E-state index contributed by atoms with van der Waals surface area (Å²) in [5, 5.41) is 15.3. The van der Waals surface area contributed by atoms with E-state index in [1.807, 2.05) is 45.5 Å². The Morgan fingerprint density at radius 1 is 0.441 bits per heavy atom. The van der Waals surface area contributed by atoms with E-state index in [1.54, 1.807) is 25.1 Å². The van der Waals surface area contributed by atoms with Gasteiger partial charge in [-0.15, -0.1) is 0 Å². The minimum absolute atomic E-state index is 0.0804. The lowest BCUT2D eigenvalue weighted by Crippen LogP contribution is -2.10. The van der Waals surface area contributed by atoms with Crippen LogP contribution in [0.5, 0.6) is 0 Å². The summed E-state index contributed by atoms with van der Waals surface area (Å²) in [5.41, 5.74) is 11.5. The maximum Gasteiger partial charge on any atom is 0.417 e. The number of halogens is 3. The Kier molecular flexibility index (Phi) is 8.33. The monoisotopic (exact) mass is 771 g/mol. The molecular formula is C53H36F3N3. The summed E-state index contributed by atoms with van der Waals surface area (Å²) < 4.78 is 49.0. The lowest BCUT2D eigenvalue weighted by atomic mass is 9.92. The van der Waals surface area contributed by atoms with Crippen molar-refractivity contribution in [3.63, 3.8) is 0 Å². The predicted octanol–water partition coefficient (Wildman–Crippen LogP) is 14.7. The highest BCUT2D eigenvalue weighted by Crippen LogP contribution is 2.45. The molecule has 0 fully saturated rings. The number of hydrogen-bond donors (Lipinski definition) is 0. The first kappa shape index (κ1) is 36.0. The second-order valence-corrected chi connectivity index (χ2v) is 15.4. The Labute approximate surface area is 339 Å². The summed E-state index contributed by atoms with van der Waals surface area (Å²) in [5.74, 6) is 0. The normalized spacial score (nSPS) is 11.9. The highest BCUT2D eigenvalue weighted by atomic mass is 19.4. The van der Waals surface area contributed by atoms with Gasteiger partial charge in [0.15, 0.2) is 0 Å². The second kappa shape index (κ2) is 13.6. The molecular weight excluding hydrogens is 736 g/mol. The van der Waals surface area contributed by atoms with E-state index in [2.05, 4.69) is 117 Å². The van der Waals surface area contributed by atoms with Crippen LogP contribution in [0.15, 0.2) is 164 Å². The van der Waals surface area contributed by atoms with Gasteiger partial charge in [-0.3, -0.25) is 0 Å². The fraction of sp³-hybridized carbons (Fsp3) is 0.0755. The highest BCUT2D eigenvalue weighted by Gasteiger charge is 2.35. The molecule has 10 rings (SSSR count). The minimum Gasteiger partial charge on any atom is -0.308 e. The van der Waals surface area contributed by atoms with Crippen LogP contribution in [-0.4, -0.2) is 9.13 Å². The van der Waals surface area contributed by atoms with Gasteiger partial charge in [0.1, 0.15) is 11.6 Å². The molecule has 0 aliphatic heterocycles. The summed E-state index contributed by atoms with van der Waals surface area (Å²) >= 11 is 0. The fourth-order valence-electron chi connectivity index (χ4n) is 8.83. The third-order valence-electron chi connectivity index (χ3n) is 11.7. The smallest absolute Gasteiger partial charge is 0.308 e. The van der Waals surface area contributed by atoms with Crippen LogP contribution in [0.25, 0.3) is 88.4 Å². The first-order chi connectivity index (χ1) is 28.6. The molecule has 59 heavy (non-hydrogen) atoms. The molecule has 0 radical (unpaired) electrons. The van der Waals surface area contributed by atoms with Crippen molar-refractivity contribution in [1.29, 1.82) is 5.26 Å². The van der Waals surface area contributed by atoms with Crippen molar-refractivity contribution in [2.75, 3.05) is 0 Å². The first-order valence-corrected chi connectivity index (χ1v) is 19.6. The second-order valence-electron chi connectivity index (χ2n) is 15.4. The van der Waals surface area contributed by atoms with Crippen molar-refractivity contribution in [2.24, 2.45) is 0 Å². The zero-order chi connectivity index (χ0) is 40.6. The SMILES string of the molecule is Cc1ccc(-c2ccc3c(c2)c2ccccc2n3-c2cc(-c3c(C)cccc3C(F)(F)F)cc(-n3c4ccccc4c4cc(-c5ccc(C)cc5)ccc43)c2C#N)cc1. The van der Waals surface area contributed by atoms with Crippen LogP contribution >= 0.6 is 0 Å². The summed E-state index contributed by atoms with van der Waals surface area (Å²) in [6.45, 7) is 5.83. The van der Waals surface area contributed by atoms with E-state index in [1.165, 1.54) is 17.2 Å². The van der Waals surface area contributed by atoms with Gasteiger partial charge in [-0.05, 0) is 114 Å². The Bertz CT molecular complexity index is 3150. The summed E-state index contributed by atoms with van der Waals surface area (Å²) in [7, 11) is 0. The van der Waals surface area contributed by atoms with Gasteiger partial charge in [0, 0.05) is 21.5 Å². The van der Waals surface area contributed by atoms with Gasteiger partial charge in [0.2, 0.25) is 0 Å². The Morgan fingerprint density at radius 3 is 1.34 bits per heavy atom. The van der Waals surface area contributed by atoms with Gasteiger partial charge < -0.3 is 9.13 Å². The van der Waals surface area contributed by atoms with E-state index in [4.69, 9.17) is 0 Å². The number of hydrogen-bond acceptors (Lipinski definition) is 1. The van der Waals surface area contributed by atoms with Gasteiger partial charge in [0.05, 0.1) is 39.0 Å². The van der Waals surface area contributed by atoms with Gasteiger partial charge in [-0.2, -0.15) is 18.4 Å². The molecule has 10 aromatic rings. The molecule has 0 unspecified atom stereocenters. The number of para-hydroxylation sites is 2. The third kappa shape index (κ3) is 5.89. The van der Waals surface area contributed by atoms with Crippen molar-refractivity contribution < 1.29 is 13.2 Å². The molecule has 284 valence electrons. The molecule has 8 aromatic carbocycles. The fourth-order valence-corrected chi connectivity index (χ4v) is 8.83. The lowest BCUT2D eigenvalue weighted by Gasteiger charge is -2.21. The van der Waals surface area contributed by atoms with E-state index < -0.39 is 11.7 Å². The molecule has 2 aromatic heterocycles. The molecule has 0 N–H and O–H groups in total. The Morgan fingerprint density at radius 2 is 0.881 bits per heavy atom. The largest absolute Gasteiger partial charge is 0.417 e. The Hall–Kier alpha value is -7.36. The number of nitrogens with zero attached hydrogens (tertiary/aromatic N) is 3. The van der Waals surface area contributed by atoms with E-state index in [-0.39, 0.29) is 5.56 Å². The summed E-state index contributed by atoms with van der Waals surface area (Å²) in [6, 6.07) is 55.8. The van der Waals surface area contributed by atoms with E-state index >= 15 is 0 Å². The van der Waals surface area contributed by atoms with Crippen molar-refractivity contribution in [2.45, 2.75) is 26.9 Å². The molecule has 0 atom stereocenters. The number of aryl methyl sites for hydroxylation is 3. The summed E-state index contributed by atoms with van der Waals surface area (Å²) in [6.07, 6.45) is -4.62. The van der Waals surface area contributed by atoms with Gasteiger partial charge in [0.25, 0.3) is 0 Å². The van der Waals surface area contributed by atoms with Crippen LogP contribution < -0.4 is 0 Å². The molecule has 3 nitrogen and oxygen atoms in total. The zero-order valence-corrected chi connectivity index (χ0v) is 32.6. The van der Waals surface area contributed by atoms with Crippen LogP contribution in [-0.2, 0) is 6.18 Å². The number of rotatable bonds is 5. The van der Waals surface area contributed by atoms with Crippen molar-refractivity contribution in [3.05, 3.63) is 192 Å². The molecule has 0 amide bonds. The average molecular weight is 772 g/mol. The van der Waals surface area contributed by atoms with Crippen LogP contribution in [0.3, 0.4) is 0 Å². The predicted molar refractivity (Wildman–Crippen MR) is 235 cm³/mol. The van der Waals surface area contributed by atoms with Gasteiger partial charge in [-0.1, -0.05) is 120 Å². The van der Waals surface area contributed by atoms with E-state index in [0.717, 1.165) is 71.9 Å². The molecule has 0 saturated carbocycles. The van der Waals surface area contributed by atoms with Gasteiger partial charge >= 0.3 is 6.18 Å². The standard InChI is InChI=1S/C53H36F3N3/c1-32-15-19-35(20-16-32)37-23-25-48-42(27-37)40-10-4-6-13-46(40)58(48)50-29-39(52-34(3)9-8-12-45(52)53(54,55)56)30-51(44(50)31-57)59-47-14-7-5-11-41(47)43-28-38(24-26-49(43)59)36-21-17-33(2)18-22-36/h4-30H,1-3H3. The number of benzene rings is 8. The summed E-state index contributed by atoms with van der Waals surface area (Å²) in [4.78, 5) is 0. The number of alkyl halides is 3. The van der Waals surface area contributed by atoms with Crippen molar-refractivity contribution in [3.8, 4) is 50.8 Å². The number of fused-ring (bicyclic) bond motifs is 6. The lowest BCUT2D eigenvalue weighted by molar-refractivity contribution is -0.137. The van der Waals surface area contributed by atoms with E-state index in [9.17, 15) is 18.4 Å². The molecule has 0 aliphatic carbocycles. The van der Waals surface area contributed by atoms with Crippen LogP contribution in [0.2, 0.25) is 0 Å². The number of aromatic nitrogens is 2. The third-order valence-corrected chi connectivity index (χ3v) is 11.7. The van der Waals surface area contributed by atoms with Crippen molar-refractivity contribution >= 4 is 43.6 Å². The van der Waals surface area contributed by atoms with Crippen molar-refractivity contribution in [1.82, 2.24) is 9.13 Å². The maximum atomic E-state index is 15.0.